The molecule has 3 aromatic rings. The minimum Gasteiger partial charge on any atom is -0.441 e. The van der Waals surface area contributed by atoms with Crippen LogP contribution < -0.4 is 5.32 Å². The maximum absolute atomic E-state index is 12.8. The molecule has 2 aromatic heterocycles. The number of amides is 2. The Kier molecular flexibility index (Phi) is 5.12. The van der Waals surface area contributed by atoms with Crippen molar-refractivity contribution in [3.63, 3.8) is 0 Å². The Morgan fingerprint density at radius 1 is 1.16 bits per heavy atom. The Morgan fingerprint density at radius 2 is 1.91 bits per heavy atom. The van der Waals surface area contributed by atoms with Crippen LogP contribution >= 0.6 is 0 Å². The maximum atomic E-state index is 12.8. The fourth-order valence-corrected chi connectivity index (χ4v) is 5.19. The Hall–Kier alpha value is -3.35. The predicted molar refractivity (Wildman–Crippen MR) is 121 cm³/mol. The molecule has 7 heteroatoms. The van der Waals surface area contributed by atoms with Crippen molar-refractivity contribution in [2.24, 2.45) is 0 Å². The van der Waals surface area contributed by atoms with Gasteiger partial charge in [-0.1, -0.05) is 30.3 Å². The minimum absolute atomic E-state index is 0.0881. The van der Waals surface area contributed by atoms with Crippen LogP contribution in [-0.4, -0.2) is 44.6 Å². The second kappa shape index (κ2) is 7.97. The van der Waals surface area contributed by atoms with Crippen LogP contribution in [0.1, 0.15) is 61.6 Å². The number of nitrogens with zero attached hydrogens (tertiary/aromatic N) is 2. The van der Waals surface area contributed by atoms with Crippen molar-refractivity contribution in [2.45, 2.75) is 63.3 Å². The van der Waals surface area contributed by atoms with Gasteiger partial charge in [0, 0.05) is 23.7 Å². The van der Waals surface area contributed by atoms with Crippen molar-refractivity contribution in [1.82, 2.24) is 20.2 Å². The van der Waals surface area contributed by atoms with Gasteiger partial charge in [0.05, 0.1) is 17.8 Å². The minimum atomic E-state index is -0.589. The maximum Gasteiger partial charge on any atom is 0.411 e. The summed E-state index contributed by atoms with van der Waals surface area (Å²) in [5.74, 6) is -0.103. The number of ether oxygens (including phenoxy) is 1. The second-order valence-electron chi connectivity index (χ2n) is 9.32. The van der Waals surface area contributed by atoms with Crippen LogP contribution in [0, 0.1) is 0 Å². The largest absolute Gasteiger partial charge is 0.441 e. The van der Waals surface area contributed by atoms with Crippen LogP contribution in [0.5, 0.6) is 0 Å². The number of aromatic amines is 1. The molecule has 2 N–H and O–H groups in total. The zero-order valence-corrected chi connectivity index (χ0v) is 18.4. The molecule has 0 spiro atoms. The topological polar surface area (TPSA) is 87.3 Å². The van der Waals surface area contributed by atoms with Crippen LogP contribution in [0.2, 0.25) is 0 Å². The van der Waals surface area contributed by atoms with E-state index in [0.29, 0.717) is 5.69 Å². The monoisotopic (exact) mass is 432 g/mol. The van der Waals surface area contributed by atoms with Gasteiger partial charge < -0.3 is 15.0 Å². The first-order valence-corrected chi connectivity index (χ1v) is 11.2. The van der Waals surface area contributed by atoms with Crippen molar-refractivity contribution in [3.05, 3.63) is 66.1 Å². The smallest absolute Gasteiger partial charge is 0.411 e. The van der Waals surface area contributed by atoms with Crippen molar-refractivity contribution >= 4 is 22.9 Å². The van der Waals surface area contributed by atoms with Gasteiger partial charge in [0.15, 0.2) is 0 Å². The number of nitrogens with one attached hydrogen (secondary N) is 2. The number of aromatic nitrogens is 2. The van der Waals surface area contributed by atoms with Crippen molar-refractivity contribution in [2.75, 3.05) is 0 Å². The average Bonchev–Trinajstić information content (AvgIpc) is 3.32. The normalized spacial score (nSPS) is 25.0. The summed E-state index contributed by atoms with van der Waals surface area (Å²) >= 11 is 0. The van der Waals surface area contributed by atoms with E-state index in [9.17, 15) is 9.59 Å². The van der Waals surface area contributed by atoms with Gasteiger partial charge in [0.25, 0.3) is 5.91 Å². The highest BCUT2D eigenvalue weighted by Gasteiger charge is 2.51. The Balaban J connectivity index is 1.25. The number of hydrogen-bond acceptors (Lipinski definition) is 4. The van der Waals surface area contributed by atoms with Gasteiger partial charge in [-0.05, 0) is 57.2 Å². The van der Waals surface area contributed by atoms with E-state index in [0.717, 1.165) is 42.1 Å². The molecule has 1 aliphatic carbocycles. The first-order chi connectivity index (χ1) is 15.4. The van der Waals surface area contributed by atoms with Gasteiger partial charge in [0.1, 0.15) is 11.3 Å². The highest BCUT2D eigenvalue weighted by atomic mass is 16.6. The van der Waals surface area contributed by atoms with Crippen molar-refractivity contribution in [3.8, 4) is 0 Å². The van der Waals surface area contributed by atoms with E-state index >= 15 is 0 Å². The standard InChI is InChI=1S/C25H28N4O3/c1-25(2)22(16-6-4-3-5-7-16)29(24(31)32-25)19-10-8-18(9-11-19)27-23(30)20-14-17-12-13-26-15-21(17)28-20/h3-7,12-15,18-19,22,28H,8-11H2,1-2H3,(H,27,30). The van der Waals surface area contributed by atoms with Crippen LogP contribution in [0.3, 0.4) is 0 Å². The third kappa shape index (κ3) is 3.72. The van der Waals surface area contributed by atoms with E-state index in [4.69, 9.17) is 4.74 Å². The van der Waals surface area contributed by atoms with Gasteiger partial charge in [-0.2, -0.15) is 0 Å². The average molecular weight is 433 g/mol. The third-order valence-corrected chi connectivity index (χ3v) is 6.71. The van der Waals surface area contributed by atoms with E-state index in [2.05, 4.69) is 27.4 Å². The molecule has 1 unspecified atom stereocenters. The Labute approximate surface area is 187 Å². The van der Waals surface area contributed by atoms with E-state index in [1.54, 1.807) is 12.4 Å². The third-order valence-electron chi connectivity index (χ3n) is 6.71. The van der Waals surface area contributed by atoms with E-state index in [1.807, 2.05) is 49.1 Å². The van der Waals surface area contributed by atoms with Crippen molar-refractivity contribution < 1.29 is 14.3 Å². The molecular weight excluding hydrogens is 404 g/mol. The molecule has 0 radical (unpaired) electrons. The molecule has 1 saturated carbocycles. The number of benzene rings is 1. The molecule has 1 saturated heterocycles. The molecule has 0 bridgehead atoms. The molecule has 2 fully saturated rings. The van der Waals surface area contributed by atoms with Crippen LogP contribution in [0.25, 0.3) is 10.9 Å². The molecule has 1 aromatic carbocycles. The number of fused-ring (bicyclic) bond motifs is 1. The van der Waals surface area contributed by atoms with E-state index < -0.39 is 5.60 Å². The number of cyclic esters (lactones) is 1. The van der Waals surface area contributed by atoms with Gasteiger partial charge in [-0.25, -0.2) is 4.79 Å². The van der Waals surface area contributed by atoms with Gasteiger partial charge in [0.2, 0.25) is 0 Å². The number of pyridine rings is 1. The molecule has 2 amide bonds. The summed E-state index contributed by atoms with van der Waals surface area (Å²) in [7, 11) is 0. The highest BCUT2D eigenvalue weighted by molar-refractivity contribution is 5.97. The second-order valence-corrected chi connectivity index (χ2v) is 9.32. The number of hydrogen-bond donors (Lipinski definition) is 2. The molecule has 166 valence electrons. The lowest BCUT2D eigenvalue weighted by atomic mass is 9.86. The first kappa shape index (κ1) is 20.5. The lowest BCUT2D eigenvalue weighted by Crippen LogP contribution is -2.46. The van der Waals surface area contributed by atoms with Crippen LogP contribution in [-0.2, 0) is 4.74 Å². The van der Waals surface area contributed by atoms with E-state index in [-0.39, 0.29) is 30.1 Å². The van der Waals surface area contributed by atoms with Gasteiger partial charge in [-0.15, -0.1) is 0 Å². The zero-order chi connectivity index (χ0) is 22.3. The summed E-state index contributed by atoms with van der Waals surface area (Å²) in [6.45, 7) is 3.95. The molecule has 2 aliphatic rings. The summed E-state index contributed by atoms with van der Waals surface area (Å²) in [5.41, 5.74) is 1.90. The number of carbonyl (C=O) groups is 2. The fourth-order valence-electron chi connectivity index (χ4n) is 5.19. The number of carbonyl (C=O) groups excluding carboxylic acids is 2. The van der Waals surface area contributed by atoms with Crippen LogP contribution in [0.15, 0.2) is 54.9 Å². The molecular formula is C25H28N4O3. The first-order valence-electron chi connectivity index (χ1n) is 11.2. The number of H-pyrrole nitrogens is 1. The molecule has 5 rings (SSSR count). The summed E-state index contributed by atoms with van der Waals surface area (Å²) < 4.78 is 5.77. The predicted octanol–water partition coefficient (Wildman–Crippen LogP) is 4.58. The molecule has 1 aliphatic heterocycles. The lowest BCUT2D eigenvalue weighted by molar-refractivity contribution is 0.0663. The number of rotatable bonds is 4. The van der Waals surface area contributed by atoms with Gasteiger partial charge >= 0.3 is 6.09 Å². The zero-order valence-electron chi connectivity index (χ0n) is 18.4. The lowest BCUT2D eigenvalue weighted by Gasteiger charge is -2.38. The summed E-state index contributed by atoms with van der Waals surface area (Å²) in [4.78, 5) is 34.7. The summed E-state index contributed by atoms with van der Waals surface area (Å²) in [5, 5.41) is 4.12. The molecule has 3 heterocycles. The quantitative estimate of drug-likeness (QED) is 0.632. The molecule has 7 nitrogen and oxygen atoms in total. The molecule has 32 heavy (non-hydrogen) atoms. The van der Waals surface area contributed by atoms with Gasteiger partial charge in [-0.3, -0.25) is 14.7 Å². The summed E-state index contributed by atoms with van der Waals surface area (Å²) in [6, 6.07) is 13.9. The molecule has 1 atom stereocenters. The van der Waals surface area contributed by atoms with Crippen LogP contribution in [0.4, 0.5) is 4.79 Å². The highest BCUT2D eigenvalue weighted by Crippen LogP contribution is 2.44. The summed E-state index contributed by atoms with van der Waals surface area (Å²) in [6.07, 6.45) is 6.49. The SMILES string of the molecule is CC1(C)OC(=O)N(C2CCC(NC(=O)c3cc4ccncc4[nH]3)CC2)C1c1ccccc1. The van der Waals surface area contributed by atoms with Crippen molar-refractivity contribution in [1.29, 1.82) is 0 Å². The van der Waals surface area contributed by atoms with E-state index in [1.165, 1.54) is 0 Å². The fraction of sp³-hybridized carbons (Fsp3) is 0.400. The Morgan fingerprint density at radius 3 is 2.62 bits per heavy atom. The Bertz CT molecular complexity index is 1100.